The van der Waals surface area contributed by atoms with Crippen LogP contribution in [-0.4, -0.2) is 19.6 Å². The molecule has 128 valence electrons. The van der Waals surface area contributed by atoms with Gasteiger partial charge in [-0.05, 0) is 42.0 Å². The Morgan fingerprint density at radius 3 is 2.62 bits per heavy atom. The molecule has 0 amide bonds. The third-order valence-corrected chi connectivity index (χ3v) is 4.55. The molecule has 0 aliphatic rings. The van der Waals surface area contributed by atoms with Crippen LogP contribution in [0.25, 0.3) is 27.7 Å². The maximum absolute atomic E-state index is 14.4. The second kappa shape index (κ2) is 6.57. The zero-order valence-electron chi connectivity index (χ0n) is 13.1. The molecule has 0 aliphatic heterocycles. The van der Waals surface area contributed by atoms with Crippen molar-refractivity contribution in [3.05, 3.63) is 82.0 Å². The molecule has 0 saturated carbocycles. The first-order chi connectivity index (χ1) is 12.6. The Morgan fingerprint density at radius 1 is 1.08 bits per heavy atom. The van der Waals surface area contributed by atoms with Gasteiger partial charge in [0.25, 0.3) is 0 Å². The fourth-order valence-corrected chi connectivity index (χ4v) is 3.21. The average molecular weight is 368 g/mol. The molecule has 4 rings (SSSR count). The predicted octanol–water partition coefficient (Wildman–Crippen LogP) is 3.66. The van der Waals surface area contributed by atoms with E-state index in [0.717, 1.165) is 21.4 Å². The van der Waals surface area contributed by atoms with Crippen LogP contribution in [-0.2, 0) is 0 Å². The van der Waals surface area contributed by atoms with E-state index in [9.17, 15) is 13.6 Å². The van der Waals surface area contributed by atoms with E-state index in [1.165, 1.54) is 30.3 Å². The lowest BCUT2D eigenvalue weighted by atomic mass is 10.2. The molecule has 0 aliphatic carbocycles. The second-order valence-corrected chi connectivity index (χ2v) is 6.30. The molecule has 0 atom stereocenters. The fourth-order valence-electron chi connectivity index (χ4n) is 2.31. The molecule has 3 aromatic heterocycles. The topological polar surface area (TPSA) is 60.2 Å². The SMILES string of the molecule is O=c1c(F)c(/C=C/c2cccnc2)nc2sc(-c3ccc(F)cc3)nn12. The van der Waals surface area contributed by atoms with Gasteiger partial charge < -0.3 is 0 Å². The highest BCUT2D eigenvalue weighted by atomic mass is 32.1. The first-order valence-electron chi connectivity index (χ1n) is 7.55. The van der Waals surface area contributed by atoms with Crippen molar-refractivity contribution >= 4 is 28.4 Å². The molecular weight excluding hydrogens is 358 g/mol. The van der Waals surface area contributed by atoms with Crippen LogP contribution in [0.3, 0.4) is 0 Å². The quantitative estimate of drug-likeness (QED) is 0.554. The van der Waals surface area contributed by atoms with Crippen molar-refractivity contribution in [2.45, 2.75) is 0 Å². The van der Waals surface area contributed by atoms with Gasteiger partial charge in [-0.3, -0.25) is 9.78 Å². The lowest BCUT2D eigenvalue weighted by Crippen LogP contribution is -2.20. The summed E-state index contributed by atoms with van der Waals surface area (Å²) < 4.78 is 28.3. The molecular formula is C18H10F2N4OS. The molecule has 0 radical (unpaired) electrons. The van der Waals surface area contributed by atoms with Crippen molar-refractivity contribution in [3.63, 3.8) is 0 Å². The first kappa shape index (κ1) is 16.2. The molecule has 3 heterocycles. The number of aromatic nitrogens is 4. The van der Waals surface area contributed by atoms with Gasteiger partial charge in [0.05, 0.1) is 0 Å². The number of rotatable bonds is 3. The zero-order valence-corrected chi connectivity index (χ0v) is 14.0. The smallest absolute Gasteiger partial charge is 0.264 e. The van der Waals surface area contributed by atoms with Gasteiger partial charge in [-0.1, -0.05) is 23.5 Å². The zero-order chi connectivity index (χ0) is 18.1. The number of hydrogen-bond donors (Lipinski definition) is 0. The van der Waals surface area contributed by atoms with Crippen LogP contribution < -0.4 is 5.56 Å². The first-order valence-corrected chi connectivity index (χ1v) is 8.37. The van der Waals surface area contributed by atoms with Crippen molar-refractivity contribution in [2.75, 3.05) is 0 Å². The van der Waals surface area contributed by atoms with Gasteiger partial charge in [-0.15, -0.1) is 0 Å². The number of fused-ring (bicyclic) bond motifs is 1. The Bertz CT molecular complexity index is 1170. The number of hydrogen-bond acceptors (Lipinski definition) is 5. The summed E-state index contributed by atoms with van der Waals surface area (Å²) in [5.41, 5.74) is 0.415. The Morgan fingerprint density at radius 2 is 1.88 bits per heavy atom. The van der Waals surface area contributed by atoms with Gasteiger partial charge in [0.1, 0.15) is 16.5 Å². The molecule has 5 nitrogen and oxygen atoms in total. The van der Waals surface area contributed by atoms with E-state index < -0.39 is 11.4 Å². The normalized spacial score (nSPS) is 11.5. The van der Waals surface area contributed by atoms with Crippen molar-refractivity contribution in [3.8, 4) is 10.6 Å². The molecule has 0 N–H and O–H groups in total. The summed E-state index contributed by atoms with van der Waals surface area (Å²) >= 11 is 1.12. The van der Waals surface area contributed by atoms with Gasteiger partial charge in [0.2, 0.25) is 10.8 Å². The van der Waals surface area contributed by atoms with Crippen LogP contribution in [0, 0.1) is 11.6 Å². The highest BCUT2D eigenvalue weighted by molar-refractivity contribution is 7.19. The van der Waals surface area contributed by atoms with Crippen molar-refractivity contribution < 1.29 is 8.78 Å². The van der Waals surface area contributed by atoms with E-state index in [0.29, 0.717) is 10.6 Å². The minimum Gasteiger partial charge on any atom is -0.264 e. The summed E-state index contributed by atoms with van der Waals surface area (Å²) in [5.74, 6) is -1.36. The fraction of sp³-hybridized carbons (Fsp3) is 0. The summed E-state index contributed by atoms with van der Waals surface area (Å²) in [6.07, 6.45) is 6.28. The average Bonchev–Trinajstić information content (AvgIpc) is 3.09. The summed E-state index contributed by atoms with van der Waals surface area (Å²) in [5, 5.41) is 4.54. The number of pyridine rings is 1. The molecule has 1 aromatic carbocycles. The van der Waals surface area contributed by atoms with Gasteiger partial charge in [0, 0.05) is 18.0 Å². The molecule has 0 fully saturated rings. The maximum atomic E-state index is 14.4. The number of halogens is 2. The van der Waals surface area contributed by atoms with E-state index in [1.54, 1.807) is 30.6 Å². The second-order valence-electron chi connectivity index (χ2n) is 5.34. The van der Waals surface area contributed by atoms with Crippen molar-refractivity contribution in [2.24, 2.45) is 0 Å². The minimum absolute atomic E-state index is 0.0758. The molecule has 4 aromatic rings. The summed E-state index contributed by atoms with van der Waals surface area (Å²) in [6, 6.07) is 9.21. The number of nitrogens with zero attached hydrogens (tertiary/aromatic N) is 4. The molecule has 0 spiro atoms. The minimum atomic E-state index is -0.987. The molecule has 0 saturated heterocycles. The standard InChI is InChI=1S/C18H10F2N4OS/c19-13-6-4-12(5-7-13)16-23-24-17(25)15(20)14(22-18(24)26-16)8-3-11-2-1-9-21-10-11/h1-10H/b8-3+. The van der Waals surface area contributed by atoms with Gasteiger partial charge in [-0.25, -0.2) is 9.37 Å². The molecule has 26 heavy (non-hydrogen) atoms. The van der Waals surface area contributed by atoms with E-state index >= 15 is 0 Å². The highest BCUT2D eigenvalue weighted by Gasteiger charge is 2.15. The van der Waals surface area contributed by atoms with Crippen LogP contribution in [0.2, 0.25) is 0 Å². The Balaban J connectivity index is 1.79. The monoisotopic (exact) mass is 368 g/mol. The lowest BCUT2D eigenvalue weighted by Gasteiger charge is -1.96. The van der Waals surface area contributed by atoms with Crippen LogP contribution in [0.5, 0.6) is 0 Å². The van der Waals surface area contributed by atoms with Crippen LogP contribution >= 0.6 is 11.3 Å². The highest BCUT2D eigenvalue weighted by Crippen LogP contribution is 2.25. The lowest BCUT2D eigenvalue weighted by molar-refractivity contribution is 0.588. The van der Waals surface area contributed by atoms with Crippen molar-refractivity contribution in [1.29, 1.82) is 0 Å². The van der Waals surface area contributed by atoms with Crippen LogP contribution in [0.1, 0.15) is 11.3 Å². The van der Waals surface area contributed by atoms with Gasteiger partial charge >= 0.3 is 5.56 Å². The van der Waals surface area contributed by atoms with E-state index in [-0.39, 0.29) is 16.5 Å². The van der Waals surface area contributed by atoms with Crippen LogP contribution in [0.4, 0.5) is 8.78 Å². The number of benzene rings is 1. The summed E-state index contributed by atoms with van der Waals surface area (Å²) in [7, 11) is 0. The Kier molecular flexibility index (Phi) is 4.10. The molecule has 8 heteroatoms. The Labute approximate surface area is 149 Å². The molecule has 0 bridgehead atoms. The summed E-state index contributed by atoms with van der Waals surface area (Å²) in [6.45, 7) is 0. The van der Waals surface area contributed by atoms with Crippen LogP contribution in [0.15, 0.2) is 53.6 Å². The van der Waals surface area contributed by atoms with E-state index in [4.69, 9.17) is 0 Å². The summed E-state index contributed by atoms with van der Waals surface area (Å²) in [4.78, 5) is 20.6. The van der Waals surface area contributed by atoms with E-state index in [2.05, 4.69) is 15.1 Å². The maximum Gasteiger partial charge on any atom is 0.311 e. The third kappa shape index (κ3) is 3.02. The largest absolute Gasteiger partial charge is 0.311 e. The van der Waals surface area contributed by atoms with Gasteiger partial charge in [-0.2, -0.15) is 14.0 Å². The molecule has 0 unspecified atom stereocenters. The van der Waals surface area contributed by atoms with Crippen molar-refractivity contribution in [1.82, 2.24) is 19.6 Å². The third-order valence-electron chi connectivity index (χ3n) is 3.59. The van der Waals surface area contributed by atoms with Gasteiger partial charge in [0.15, 0.2) is 0 Å². The van der Waals surface area contributed by atoms with E-state index in [1.807, 2.05) is 0 Å². The Hall–Kier alpha value is -3.26. The predicted molar refractivity (Wildman–Crippen MR) is 95.7 cm³/mol.